The molecule has 1 saturated heterocycles. The third-order valence-electron chi connectivity index (χ3n) is 4.67. The average molecular weight is 359 g/mol. The Balaban J connectivity index is 1.71. The lowest BCUT2D eigenvalue weighted by atomic mass is 10.00. The molecule has 1 aromatic heterocycles. The fraction of sp³-hybridized carbons (Fsp3) is 0.421. The van der Waals surface area contributed by atoms with Crippen molar-refractivity contribution in [1.82, 2.24) is 14.9 Å². The molecule has 1 amide bonds. The summed E-state index contributed by atoms with van der Waals surface area (Å²) in [5.74, 6) is 0.561. The van der Waals surface area contributed by atoms with Crippen LogP contribution in [0.5, 0.6) is 0 Å². The third kappa shape index (κ3) is 4.10. The molecule has 1 atom stereocenters. The van der Waals surface area contributed by atoms with Crippen molar-refractivity contribution in [2.24, 2.45) is 0 Å². The van der Waals surface area contributed by atoms with Gasteiger partial charge in [-0.15, -0.1) is 0 Å². The highest BCUT2D eigenvalue weighted by Gasteiger charge is 2.27. The van der Waals surface area contributed by atoms with E-state index >= 15 is 0 Å². The first-order valence-electron chi connectivity index (χ1n) is 8.74. The first-order valence-corrected chi connectivity index (χ1v) is 9.12. The zero-order valence-electron chi connectivity index (χ0n) is 14.6. The maximum Gasteiger partial charge on any atom is 0.274 e. The Bertz CT molecular complexity index is 748. The van der Waals surface area contributed by atoms with Crippen LogP contribution in [0.25, 0.3) is 0 Å². The van der Waals surface area contributed by atoms with Crippen LogP contribution < -0.4 is 5.32 Å². The monoisotopic (exact) mass is 358 g/mol. The molecule has 1 aromatic carbocycles. The number of aromatic nitrogens is 2. The topological polar surface area (TPSA) is 58.1 Å². The number of anilines is 2. The number of piperidine rings is 1. The highest BCUT2D eigenvalue weighted by atomic mass is 35.5. The van der Waals surface area contributed by atoms with E-state index in [1.165, 1.54) is 6.42 Å². The van der Waals surface area contributed by atoms with Gasteiger partial charge in [0.05, 0.1) is 12.4 Å². The van der Waals surface area contributed by atoms with Gasteiger partial charge in [-0.3, -0.25) is 4.79 Å². The third-order valence-corrected chi connectivity index (χ3v) is 5.08. The molecule has 6 heteroatoms. The number of aryl methyl sites for hydroxylation is 1. The Morgan fingerprint density at radius 3 is 2.84 bits per heavy atom. The molecule has 0 aliphatic carbocycles. The van der Waals surface area contributed by atoms with Crippen LogP contribution in [0, 0.1) is 6.92 Å². The van der Waals surface area contributed by atoms with Crippen LogP contribution in [-0.2, 0) is 0 Å². The number of carbonyl (C=O) groups is 1. The fourth-order valence-corrected chi connectivity index (χ4v) is 3.34. The predicted molar refractivity (Wildman–Crippen MR) is 100 cm³/mol. The molecule has 1 aliphatic heterocycles. The Morgan fingerprint density at radius 2 is 2.16 bits per heavy atom. The molecule has 25 heavy (non-hydrogen) atoms. The second-order valence-corrected chi connectivity index (χ2v) is 6.84. The number of likely N-dealkylation sites (tertiary alicyclic amines) is 1. The van der Waals surface area contributed by atoms with Crippen molar-refractivity contribution in [3.63, 3.8) is 0 Å². The van der Waals surface area contributed by atoms with Gasteiger partial charge in [0, 0.05) is 23.3 Å². The van der Waals surface area contributed by atoms with E-state index in [4.69, 9.17) is 11.6 Å². The minimum atomic E-state index is -0.0241. The molecule has 1 N–H and O–H groups in total. The number of benzene rings is 1. The molecular weight excluding hydrogens is 336 g/mol. The van der Waals surface area contributed by atoms with E-state index in [2.05, 4.69) is 22.2 Å². The smallest absolute Gasteiger partial charge is 0.274 e. The lowest BCUT2D eigenvalue weighted by Crippen LogP contribution is -2.43. The van der Waals surface area contributed by atoms with Crippen LogP contribution in [0.2, 0.25) is 5.02 Å². The SMILES string of the molecule is CCC1CCCCN1C(=O)c1cnc(Nc2ccc(C)c(Cl)c2)cn1. The van der Waals surface area contributed by atoms with E-state index in [0.29, 0.717) is 22.6 Å². The molecule has 132 valence electrons. The van der Waals surface area contributed by atoms with Gasteiger partial charge in [-0.1, -0.05) is 24.6 Å². The summed E-state index contributed by atoms with van der Waals surface area (Å²) >= 11 is 6.13. The number of amides is 1. The molecule has 3 rings (SSSR count). The second kappa shape index (κ2) is 7.83. The minimum Gasteiger partial charge on any atom is -0.339 e. The summed E-state index contributed by atoms with van der Waals surface area (Å²) in [6.07, 6.45) is 7.43. The zero-order valence-corrected chi connectivity index (χ0v) is 15.4. The molecule has 0 saturated carbocycles. The average Bonchev–Trinajstić information content (AvgIpc) is 2.65. The Morgan fingerprint density at radius 1 is 1.32 bits per heavy atom. The first kappa shape index (κ1) is 17.7. The number of halogens is 1. The minimum absolute atomic E-state index is 0.0241. The quantitative estimate of drug-likeness (QED) is 0.868. The van der Waals surface area contributed by atoms with Crippen LogP contribution >= 0.6 is 11.6 Å². The van der Waals surface area contributed by atoms with E-state index in [9.17, 15) is 4.79 Å². The molecular formula is C19H23ClN4O. The molecule has 0 bridgehead atoms. The van der Waals surface area contributed by atoms with E-state index < -0.39 is 0 Å². The molecule has 1 unspecified atom stereocenters. The lowest BCUT2D eigenvalue weighted by molar-refractivity contribution is 0.0601. The standard InChI is InChI=1S/C19H23ClN4O/c1-3-15-6-4-5-9-24(15)19(25)17-11-22-18(12-21-17)23-14-8-7-13(2)16(20)10-14/h7-8,10-12,15H,3-6,9H2,1-2H3,(H,22,23). The van der Waals surface area contributed by atoms with E-state index in [-0.39, 0.29) is 5.91 Å². The molecule has 1 fully saturated rings. The largest absolute Gasteiger partial charge is 0.339 e. The van der Waals surface area contributed by atoms with Crippen molar-refractivity contribution in [2.45, 2.75) is 45.6 Å². The molecule has 0 radical (unpaired) electrons. The van der Waals surface area contributed by atoms with Crippen LogP contribution in [-0.4, -0.2) is 33.4 Å². The van der Waals surface area contributed by atoms with Crippen molar-refractivity contribution in [3.8, 4) is 0 Å². The van der Waals surface area contributed by atoms with Gasteiger partial charge in [-0.05, 0) is 50.3 Å². The van der Waals surface area contributed by atoms with Crippen LogP contribution in [0.3, 0.4) is 0 Å². The molecule has 5 nitrogen and oxygen atoms in total. The van der Waals surface area contributed by atoms with E-state index in [0.717, 1.165) is 37.1 Å². The van der Waals surface area contributed by atoms with Gasteiger partial charge >= 0.3 is 0 Å². The number of hydrogen-bond donors (Lipinski definition) is 1. The van der Waals surface area contributed by atoms with Gasteiger partial charge in [0.2, 0.25) is 0 Å². The number of nitrogens with zero attached hydrogens (tertiary/aromatic N) is 3. The second-order valence-electron chi connectivity index (χ2n) is 6.43. The van der Waals surface area contributed by atoms with Crippen molar-refractivity contribution in [1.29, 1.82) is 0 Å². The number of hydrogen-bond acceptors (Lipinski definition) is 4. The molecule has 2 heterocycles. The summed E-state index contributed by atoms with van der Waals surface area (Å²) < 4.78 is 0. The molecule has 2 aromatic rings. The molecule has 0 spiro atoms. The highest BCUT2D eigenvalue weighted by Crippen LogP contribution is 2.23. The maximum absolute atomic E-state index is 12.7. The van der Waals surface area contributed by atoms with Gasteiger partial charge in [0.15, 0.2) is 0 Å². The fourth-order valence-electron chi connectivity index (χ4n) is 3.16. The van der Waals surface area contributed by atoms with Gasteiger partial charge in [0.1, 0.15) is 11.5 Å². The van der Waals surface area contributed by atoms with Crippen molar-refractivity contribution < 1.29 is 4.79 Å². The summed E-state index contributed by atoms with van der Waals surface area (Å²) in [4.78, 5) is 23.3. The summed E-state index contributed by atoms with van der Waals surface area (Å²) in [6.45, 7) is 4.89. The summed E-state index contributed by atoms with van der Waals surface area (Å²) in [5, 5.41) is 3.85. The zero-order chi connectivity index (χ0) is 17.8. The summed E-state index contributed by atoms with van der Waals surface area (Å²) in [5.41, 5.74) is 2.25. The summed E-state index contributed by atoms with van der Waals surface area (Å²) in [6, 6.07) is 6.03. The van der Waals surface area contributed by atoms with Gasteiger partial charge < -0.3 is 10.2 Å². The van der Waals surface area contributed by atoms with Gasteiger partial charge in [-0.25, -0.2) is 9.97 Å². The summed E-state index contributed by atoms with van der Waals surface area (Å²) in [7, 11) is 0. The Kier molecular flexibility index (Phi) is 5.53. The van der Waals surface area contributed by atoms with Crippen molar-refractivity contribution in [2.75, 3.05) is 11.9 Å². The number of rotatable bonds is 4. The van der Waals surface area contributed by atoms with E-state index in [1.54, 1.807) is 12.4 Å². The molecule has 1 aliphatic rings. The van der Waals surface area contributed by atoms with Crippen LogP contribution in [0.15, 0.2) is 30.6 Å². The lowest BCUT2D eigenvalue weighted by Gasteiger charge is -2.34. The van der Waals surface area contributed by atoms with Gasteiger partial charge in [0.25, 0.3) is 5.91 Å². The normalized spacial score (nSPS) is 17.4. The predicted octanol–water partition coefficient (Wildman–Crippen LogP) is 4.59. The Hall–Kier alpha value is -2.14. The van der Waals surface area contributed by atoms with Crippen LogP contribution in [0.1, 0.15) is 48.7 Å². The highest BCUT2D eigenvalue weighted by molar-refractivity contribution is 6.31. The van der Waals surface area contributed by atoms with E-state index in [1.807, 2.05) is 30.0 Å². The number of nitrogens with one attached hydrogen (secondary N) is 1. The maximum atomic E-state index is 12.7. The Labute approximate surface area is 153 Å². The van der Waals surface area contributed by atoms with Crippen molar-refractivity contribution in [3.05, 3.63) is 46.9 Å². The van der Waals surface area contributed by atoms with Crippen LogP contribution in [0.4, 0.5) is 11.5 Å². The number of carbonyl (C=O) groups excluding carboxylic acids is 1. The van der Waals surface area contributed by atoms with Gasteiger partial charge in [-0.2, -0.15) is 0 Å². The van der Waals surface area contributed by atoms with Crippen molar-refractivity contribution >= 4 is 29.0 Å². The first-order chi connectivity index (χ1) is 12.1.